The molecule has 2 heteroatoms. The van der Waals surface area contributed by atoms with Gasteiger partial charge >= 0.3 is 6.41 Å². The first-order chi connectivity index (χ1) is 4.83. The first-order valence-electron chi connectivity index (χ1n) is 4.08. The van der Waals surface area contributed by atoms with Crippen LogP contribution in [-0.4, -0.2) is 30.5 Å². The summed E-state index contributed by atoms with van der Waals surface area (Å²) in [5.74, 6) is 0. The Labute approximate surface area is 62.4 Å². The lowest BCUT2D eigenvalue weighted by Gasteiger charge is -2.32. The lowest BCUT2D eigenvalue weighted by Crippen LogP contribution is -2.49. The molecule has 0 spiro atoms. The molecule has 0 atom stereocenters. The number of piperidine rings is 1. The molecule has 0 bridgehead atoms. The van der Waals surface area contributed by atoms with Gasteiger partial charge in [0.25, 0.3) is 0 Å². The Morgan fingerprint density at radius 2 is 1.90 bits per heavy atom. The minimum Gasteiger partial charge on any atom is -0.248 e. The maximum Gasteiger partial charge on any atom is 0.442 e. The Bertz CT molecular complexity index is 116. The van der Waals surface area contributed by atoms with E-state index in [1.165, 1.54) is 19.3 Å². The van der Waals surface area contributed by atoms with Crippen molar-refractivity contribution in [2.45, 2.75) is 26.2 Å². The van der Waals surface area contributed by atoms with Gasteiger partial charge in [-0.2, -0.15) is 0 Å². The fourth-order valence-electron chi connectivity index (χ4n) is 1.59. The number of likely N-dealkylation sites (tertiary alicyclic amines) is 1. The SMILES string of the molecule is CC[N+]1([C]=O)CCCCC1. The summed E-state index contributed by atoms with van der Waals surface area (Å²) < 4.78 is 0.583. The van der Waals surface area contributed by atoms with Gasteiger partial charge in [0.15, 0.2) is 0 Å². The Balaban J connectivity index is 2.52. The van der Waals surface area contributed by atoms with Crippen LogP contribution in [-0.2, 0) is 4.79 Å². The van der Waals surface area contributed by atoms with Crippen LogP contribution in [0.25, 0.3) is 0 Å². The van der Waals surface area contributed by atoms with Crippen LogP contribution in [0.15, 0.2) is 0 Å². The molecule has 57 valence electrons. The quantitative estimate of drug-likeness (QED) is 0.526. The van der Waals surface area contributed by atoms with Gasteiger partial charge in [0.05, 0.1) is 19.6 Å². The maximum absolute atomic E-state index is 10.6. The summed E-state index contributed by atoms with van der Waals surface area (Å²) in [6.45, 7) is 5.01. The van der Waals surface area contributed by atoms with Gasteiger partial charge in [-0.05, 0) is 26.2 Å². The summed E-state index contributed by atoms with van der Waals surface area (Å²) in [5.41, 5.74) is 0. The number of hydrogen-bond donors (Lipinski definition) is 0. The Kier molecular flexibility index (Phi) is 2.44. The highest BCUT2D eigenvalue weighted by Gasteiger charge is 2.28. The first-order valence-corrected chi connectivity index (χ1v) is 4.08. The monoisotopic (exact) mass is 141 g/mol. The average molecular weight is 141 g/mol. The summed E-state index contributed by atoms with van der Waals surface area (Å²) in [6, 6.07) is 0. The van der Waals surface area contributed by atoms with Gasteiger partial charge in [-0.15, -0.1) is 0 Å². The molecule has 1 fully saturated rings. The molecule has 0 aromatic rings. The third-order valence-electron chi connectivity index (χ3n) is 2.47. The van der Waals surface area contributed by atoms with E-state index >= 15 is 0 Å². The highest BCUT2D eigenvalue weighted by Crippen LogP contribution is 2.15. The molecule has 0 N–H and O–H groups in total. The molecule has 2 nitrogen and oxygen atoms in total. The van der Waals surface area contributed by atoms with E-state index < -0.39 is 0 Å². The topological polar surface area (TPSA) is 17.1 Å². The molecular formula is C8H15NO+. The minimum absolute atomic E-state index is 0.583. The van der Waals surface area contributed by atoms with Crippen molar-refractivity contribution in [1.82, 2.24) is 0 Å². The standard InChI is InChI=1S/C8H15NO/c1-2-9(8-10)6-4-3-5-7-9/h2-7H2,1H3/q+1. The Morgan fingerprint density at radius 3 is 2.20 bits per heavy atom. The van der Waals surface area contributed by atoms with Crippen LogP contribution in [0.2, 0.25) is 0 Å². The van der Waals surface area contributed by atoms with E-state index in [9.17, 15) is 4.79 Å². The van der Waals surface area contributed by atoms with Crippen molar-refractivity contribution in [2.75, 3.05) is 19.6 Å². The van der Waals surface area contributed by atoms with Crippen LogP contribution in [0.1, 0.15) is 26.2 Å². The highest BCUT2D eigenvalue weighted by atomic mass is 16.1. The van der Waals surface area contributed by atoms with Gasteiger partial charge < -0.3 is 0 Å². The smallest absolute Gasteiger partial charge is 0.248 e. The summed E-state index contributed by atoms with van der Waals surface area (Å²) in [6.07, 6.45) is 5.84. The first kappa shape index (κ1) is 7.73. The molecule has 1 heterocycles. The van der Waals surface area contributed by atoms with Crippen molar-refractivity contribution in [2.24, 2.45) is 0 Å². The van der Waals surface area contributed by atoms with Crippen LogP contribution in [0.4, 0.5) is 0 Å². The van der Waals surface area contributed by atoms with E-state index in [0.29, 0.717) is 4.48 Å². The molecule has 1 aliphatic rings. The van der Waals surface area contributed by atoms with Gasteiger partial charge in [-0.25, -0.2) is 9.28 Å². The second-order valence-corrected chi connectivity index (χ2v) is 3.06. The molecule has 0 aromatic carbocycles. The van der Waals surface area contributed by atoms with Crippen LogP contribution in [0.3, 0.4) is 0 Å². The van der Waals surface area contributed by atoms with E-state index in [1.807, 2.05) is 0 Å². The second kappa shape index (κ2) is 3.15. The van der Waals surface area contributed by atoms with Gasteiger partial charge in [0.2, 0.25) is 0 Å². The third-order valence-corrected chi connectivity index (χ3v) is 2.47. The minimum atomic E-state index is 0.583. The number of rotatable bonds is 2. The van der Waals surface area contributed by atoms with Crippen molar-refractivity contribution in [3.63, 3.8) is 0 Å². The average Bonchev–Trinajstić information content (AvgIpc) is 2.06. The van der Waals surface area contributed by atoms with Crippen molar-refractivity contribution in [1.29, 1.82) is 0 Å². The number of quaternary nitrogens is 1. The predicted octanol–water partition coefficient (Wildman–Crippen LogP) is 1.07. The van der Waals surface area contributed by atoms with Gasteiger partial charge in [0, 0.05) is 0 Å². The number of nitrogens with zero attached hydrogens (tertiary/aromatic N) is 1. The van der Waals surface area contributed by atoms with Gasteiger partial charge in [-0.1, -0.05) is 0 Å². The van der Waals surface area contributed by atoms with Crippen LogP contribution in [0, 0.1) is 0 Å². The summed E-state index contributed by atoms with van der Waals surface area (Å²) in [5, 5.41) is 0. The molecule has 1 amide bonds. The maximum atomic E-state index is 10.6. The van der Waals surface area contributed by atoms with Crippen LogP contribution >= 0.6 is 0 Å². The molecule has 0 saturated carbocycles. The molecule has 1 aliphatic heterocycles. The number of carbonyl (C=O) groups excluding carboxylic acids is 1. The molecule has 1 saturated heterocycles. The molecule has 10 heavy (non-hydrogen) atoms. The fraction of sp³-hybridized carbons (Fsp3) is 0.875. The molecule has 1 rings (SSSR count). The van der Waals surface area contributed by atoms with Crippen molar-refractivity contribution >= 4 is 6.41 Å². The Morgan fingerprint density at radius 1 is 1.30 bits per heavy atom. The zero-order valence-electron chi connectivity index (χ0n) is 6.60. The normalized spacial score (nSPS) is 24.1. The summed E-state index contributed by atoms with van der Waals surface area (Å²) in [4.78, 5) is 10.6. The van der Waals surface area contributed by atoms with Crippen LogP contribution in [0.5, 0.6) is 0 Å². The Hall–Kier alpha value is -0.370. The number of hydrogen-bond acceptors (Lipinski definition) is 1. The van der Waals surface area contributed by atoms with Gasteiger partial charge in [-0.3, -0.25) is 0 Å². The largest absolute Gasteiger partial charge is 0.442 e. The van der Waals surface area contributed by atoms with Crippen molar-refractivity contribution in [3.8, 4) is 0 Å². The van der Waals surface area contributed by atoms with Gasteiger partial charge in [0.1, 0.15) is 0 Å². The molecule has 0 unspecified atom stereocenters. The third kappa shape index (κ3) is 1.37. The zero-order chi connectivity index (χ0) is 7.45. The lowest BCUT2D eigenvalue weighted by atomic mass is 10.1. The van der Waals surface area contributed by atoms with E-state index in [1.54, 1.807) is 0 Å². The van der Waals surface area contributed by atoms with Crippen LogP contribution < -0.4 is 0 Å². The van der Waals surface area contributed by atoms with E-state index in [-0.39, 0.29) is 0 Å². The summed E-state index contributed by atoms with van der Waals surface area (Å²) in [7, 11) is 0. The predicted molar refractivity (Wildman–Crippen MR) is 40.1 cm³/mol. The second-order valence-electron chi connectivity index (χ2n) is 3.06. The lowest BCUT2D eigenvalue weighted by molar-refractivity contribution is -0.842. The molecular weight excluding hydrogens is 126 g/mol. The molecule has 1 radical (unpaired) electrons. The van der Waals surface area contributed by atoms with Crippen molar-refractivity contribution in [3.05, 3.63) is 0 Å². The highest BCUT2D eigenvalue weighted by molar-refractivity contribution is 5.38. The van der Waals surface area contributed by atoms with Crippen molar-refractivity contribution < 1.29 is 9.28 Å². The summed E-state index contributed by atoms with van der Waals surface area (Å²) >= 11 is 0. The van der Waals surface area contributed by atoms with E-state index in [0.717, 1.165) is 19.6 Å². The zero-order valence-corrected chi connectivity index (χ0v) is 6.60. The molecule has 0 aromatic heterocycles. The van der Waals surface area contributed by atoms with E-state index in [4.69, 9.17) is 0 Å². The fourth-order valence-corrected chi connectivity index (χ4v) is 1.59. The van der Waals surface area contributed by atoms with E-state index in [2.05, 4.69) is 13.3 Å². The molecule has 0 aliphatic carbocycles. The number of amides is 1.